The number of hydrogen-bond acceptors (Lipinski definition) is 5. The Balaban J connectivity index is 3.27. The number of methoxy groups -OCH3 is 2. The molecular weight excluding hydrogens is 222 g/mol. The van der Waals surface area contributed by atoms with Crippen LogP contribution in [0, 0.1) is 11.3 Å². The van der Waals surface area contributed by atoms with E-state index in [9.17, 15) is 9.59 Å². The lowest BCUT2D eigenvalue weighted by molar-refractivity contribution is 0.0555. The lowest BCUT2D eigenvalue weighted by Gasteiger charge is -2.07. The van der Waals surface area contributed by atoms with Gasteiger partial charge in [-0.05, 0) is 17.7 Å². The van der Waals surface area contributed by atoms with Crippen molar-refractivity contribution >= 4 is 11.9 Å². The van der Waals surface area contributed by atoms with Crippen molar-refractivity contribution in [2.24, 2.45) is 0 Å². The Bertz CT molecular complexity index is 488. The summed E-state index contributed by atoms with van der Waals surface area (Å²) < 4.78 is 9.13. The number of carbonyl (C=O) groups excluding carboxylic acids is 2. The highest BCUT2D eigenvalue weighted by Gasteiger charge is 2.18. The maximum atomic E-state index is 11.5. The van der Waals surface area contributed by atoms with Crippen LogP contribution in [0.1, 0.15) is 26.3 Å². The molecule has 0 spiro atoms. The summed E-state index contributed by atoms with van der Waals surface area (Å²) in [5.74, 6) is -1.25. The molecule has 1 aromatic carbocycles. The van der Waals surface area contributed by atoms with Crippen LogP contribution >= 0.6 is 0 Å². The Kier molecular flexibility index (Phi) is 4.23. The molecule has 88 valence electrons. The second kappa shape index (κ2) is 5.66. The van der Waals surface area contributed by atoms with Gasteiger partial charge in [-0.3, -0.25) is 0 Å². The monoisotopic (exact) mass is 233 g/mol. The fourth-order valence-corrected chi connectivity index (χ4v) is 1.36. The number of rotatable bonds is 3. The van der Waals surface area contributed by atoms with Crippen LogP contribution in [0.25, 0.3) is 0 Å². The summed E-state index contributed by atoms with van der Waals surface area (Å²) in [7, 11) is 2.45. The summed E-state index contributed by atoms with van der Waals surface area (Å²) >= 11 is 0. The molecule has 0 aromatic heterocycles. The van der Waals surface area contributed by atoms with E-state index in [-0.39, 0.29) is 17.5 Å². The molecule has 5 nitrogen and oxygen atoms in total. The van der Waals surface area contributed by atoms with E-state index in [4.69, 9.17) is 5.26 Å². The maximum Gasteiger partial charge on any atom is 0.338 e. The van der Waals surface area contributed by atoms with Gasteiger partial charge in [0.1, 0.15) is 0 Å². The first kappa shape index (κ1) is 12.7. The van der Waals surface area contributed by atoms with Crippen LogP contribution in [0.5, 0.6) is 0 Å². The largest absolute Gasteiger partial charge is 0.465 e. The number of benzene rings is 1. The average Bonchev–Trinajstić information content (AvgIpc) is 2.37. The van der Waals surface area contributed by atoms with Gasteiger partial charge < -0.3 is 9.47 Å². The molecule has 0 unspecified atom stereocenters. The van der Waals surface area contributed by atoms with Crippen LogP contribution in [0.4, 0.5) is 0 Å². The second-order valence-corrected chi connectivity index (χ2v) is 3.20. The molecule has 1 rings (SSSR count). The van der Waals surface area contributed by atoms with E-state index in [1.165, 1.54) is 26.4 Å². The zero-order chi connectivity index (χ0) is 12.8. The molecule has 0 heterocycles. The van der Waals surface area contributed by atoms with E-state index in [2.05, 4.69) is 9.47 Å². The van der Waals surface area contributed by atoms with Crippen molar-refractivity contribution in [1.82, 2.24) is 0 Å². The predicted octanol–water partition coefficient (Wildman–Crippen LogP) is 1.33. The van der Waals surface area contributed by atoms with E-state index in [1.54, 1.807) is 6.07 Å². The number of esters is 2. The van der Waals surface area contributed by atoms with E-state index in [0.29, 0.717) is 5.56 Å². The molecule has 17 heavy (non-hydrogen) atoms. The minimum Gasteiger partial charge on any atom is -0.465 e. The maximum absolute atomic E-state index is 11.5. The second-order valence-electron chi connectivity index (χ2n) is 3.20. The van der Waals surface area contributed by atoms with Crippen LogP contribution in [0.15, 0.2) is 18.2 Å². The minimum absolute atomic E-state index is 0.104. The van der Waals surface area contributed by atoms with Crippen molar-refractivity contribution in [2.45, 2.75) is 6.42 Å². The molecule has 0 aliphatic rings. The Hall–Kier alpha value is -2.35. The van der Waals surface area contributed by atoms with Crippen LogP contribution < -0.4 is 0 Å². The van der Waals surface area contributed by atoms with Gasteiger partial charge in [-0.1, -0.05) is 6.07 Å². The molecular formula is C12H11NO4. The van der Waals surface area contributed by atoms with Gasteiger partial charge in [0.25, 0.3) is 0 Å². The summed E-state index contributed by atoms with van der Waals surface area (Å²) in [4.78, 5) is 22.9. The van der Waals surface area contributed by atoms with Gasteiger partial charge in [-0.25, -0.2) is 9.59 Å². The number of carbonyl (C=O) groups is 2. The van der Waals surface area contributed by atoms with Crippen molar-refractivity contribution in [3.8, 4) is 6.07 Å². The molecule has 0 aliphatic carbocycles. The van der Waals surface area contributed by atoms with E-state index in [1.807, 2.05) is 6.07 Å². The summed E-state index contributed by atoms with van der Waals surface area (Å²) in [5.41, 5.74) is 0.869. The zero-order valence-electron chi connectivity index (χ0n) is 9.52. The van der Waals surface area contributed by atoms with Crippen molar-refractivity contribution in [2.75, 3.05) is 14.2 Å². The molecule has 0 N–H and O–H groups in total. The molecule has 0 saturated carbocycles. The molecule has 0 radical (unpaired) electrons. The van der Waals surface area contributed by atoms with Gasteiger partial charge in [0, 0.05) is 0 Å². The first-order valence-electron chi connectivity index (χ1n) is 4.80. The number of nitrogens with zero attached hydrogens (tertiary/aromatic N) is 1. The van der Waals surface area contributed by atoms with Crippen molar-refractivity contribution < 1.29 is 19.1 Å². The van der Waals surface area contributed by atoms with Crippen LogP contribution in [-0.2, 0) is 15.9 Å². The summed E-state index contributed by atoms with van der Waals surface area (Å²) in [6, 6.07) is 6.47. The highest BCUT2D eigenvalue weighted by Crippen LogP contribution is 2.15. The lowest BCUT2D eigenvalue weighted by Crippen LogP contribution is -2.12. The number of nitriles is 1. The lowest BCUT2D eigenvalue weighted by atomic mass is 10.0. The van der Waals surface area contributed by atoms with Crippen molar-refractivity contribution in [3.05, 3.63) is 34.9 Å². The standard InChI is InChI=1S/C12H11NO4/c1-16-11(14)9-4-3-8(5-6-13)7-10(9)12(15)17-2/h3-4,7H,5H2,1-2H3. The van der Waals surface area contributed by atoms with Crippen molar-refractivity contribution in [1.29, 1.82) is 5.26 Å². The first-order valence-corrected chi connectivity index (χ1v) is 4.80. The molecule has 0 fully saturated rings. The SMILES string of the molecule is COC(=O)c1ccc(CC#N)cc1C(=O)OC. The Morgan fingerprint density at radius 1 is 1.18 bits per heavy atom. The van der Waals surface area contributed by atoms with Gasteiger partial charge in [0.05, 0.1) is 37.8 Å². The normalized spacial score (nSPS) is 9.24. The smallest absolute Gasteiger partial charge is 0.338 e. The number of ether oxygens (including phenoxy) is 2. The topological polar surface area (TPSA) is 76.4 Å². The van der Waals surface area contributed by atoms with Gasteiger partial charge in [0.15, 0.2) is 0 Å². The average molecular weight is 233 g/mol. The minimum atomic E-state index is -0.634. The van der Waals surface area contributed by atoms with Crippen LogP contribution in [-0.4, -0.2) is 26.2 Å². The predicted molar refractivity (Wildman–Crippen MR) is 58.4 cm³/mol. The van der Waals surface area contributed by atoms with Crippen molar-refractivity contribution in [3.63, 3.8) is 0 Å². The summed E-state index contributed by atoms with van der Waals surface area (Å²) in [6.07, 6.45) is 0.158. The van der Waals surface area contributed by atoms with E-state index >= 15 is 0 Å². The summed E-state index contributed by atoms with van der Waals surface area (Å²) in [6.45, 7) is 0. The van der Waals surface area contributed by atoms with Gasteiger partial charge in [0.2, 0.25) is 0 Å². The highest BCUT2D eigenvalue weighted by molar-refractivity contribution is 6.03. The van der Waals surface area contributed by atoms with Gasteiger partial charge in [-0.15, -0.1) is 0 Å². The molecule has 0 saturated heterocycles. The molecule has 0 atom stereocenters. The molecule has 0 aliphatic heterocycles. The Labute approximate surface area is 98.6 Å². The summed E-state index contributed by atoms with van der Waals surface area (Å²) in [5, 5.41) is 8.57. The Morgan fingerprint density at radius 2 is 1.76 bits per heavy atom. The fraction of sp³-hybridized carbons (Fsp3) is 0.250. The fourth-order valence-electron chi connectivity index (χ4n) is 1.36. The first-order chi connectivity index (χ1) is 8.13. The van der Waals surface area contributed by atoms with E-state index in [0.717, 1.165) is 0 Å². The number of hydrogen-bond donors (Lipinski definition) is 0. The molecule has 0 bridgehead atoms. The Morgan fingerprint density at radius 3 is 2.29 bits per heavy atom. The third-order valence-electron chi connectivity index (χ3n) is 2.18. The van der Waals surface area contributed by atoms with Crippen LogP contribution in [0.3, 0.4) is 0 Å². The highest BCUT2D eigenvalue weighted by atomic mass is 16.5. The molecule has 5 heteroatoms. The van der Waals surface area contributed by atoms with Crippen LogP contribution in [0.2, 0.25) is 0 Å². The zero-order valence-corrected chi connectivity index (χ0v) is 9.52. The van der Waals surface area contributed by atoms with Gasteiger partial charge in [-0.2, -0.15) is 5.26 Å². The quantitative estimate of drug-likeness (QED) is 0.736. The van der Waals surface area contributed by atoms with Gasteiger partial charge >= 0.3 is 11.9 Å². The third-order valence-corrected chi connectivity index (χ3v) is 2.18. The molecule has 1 aromatic rings. The third kappa shape index (κ3) is 2.82. The molecule has 0 amide bonds. The van der Waals surface area contributed by atoms with E-state index < -0.39 is 11.9 Å².